The van der Waals surface area contributed by atoms with Crippen molar-refractivity contribution in [3.05, 3.63) is 0 Å². The van der Waals surface area contributed by atoms with E-state index < -0.39 is 0 Å². The summed E-state index contributed by atoms with van der Waals surface area (Å²) in [5.74, 6) is -0.107. The van der Waals surface area contributed by atoms with Crippen molar-refractivity contribution in [2.75, 3.05) is 26.2 Å². The van der Waals surface area contributed by atoms with E-state index in [0.29, 0.717) is 19.5 Å². The molecule has 0 aromatic heterocycles. The molecule has 0 saturated carbocycles. The minimum absolute atomic E-state index is 0. The minimum Gasteiger partial charge on any atom is -0.355 e. The van der Waals surface area contributed by atoms with Crippen LogP contribution in [0.5, 0.6) is 0 Å². The Balaban J connectivity index is 0.00000289. The number of carbonyl (C=O) groups excluding carboxylic acids is 2. The zero-order valence-electron chi connectivity index (χ0n) is 11.0. The molecule has 0 radical (unpaired) electrons. The van der Waals surface area contributed by atoms with E-state index in [2.05, 4.69) is 5.32 Å². The largest absolute Gasteiger partial charge is 0.355 e. The summed E-state index contributed by atoms with van der Waals surface area (Å²) >= 11 is 0. The number of amides is 2. The molecule has 1 rings (SSSR count). The maximum Gasteiger partial charge on any atom is 0.224 e. The Morgan fingerprint density at radius 2 is 1.89 bits per heavy atom. The van der Waals surface area contributed by atoms with Crippen LogP contribution in [0.3, 0.4) is 0 Å². The lowest BCUT2D eigenvalue weighted by Crippen LogP contribution is -2.39. The Kier molecular flexibility index (Phi) is 8.75. The van der Waals surface area contributed by atoms with Crippen molar-refractivity contribution in [3.63, 3.8) is 0 Å². The van der Waals surface area contributed by atoms with Crippen molar-refractivity contribution >= 4 is 24.2 Å². The van der Waals surface area contributed by atoms with E-state index in [4.69, 9.17) is 5.73 Å². The Morgan fingerprint density at radius 3 is 2.44 bits per heavy atom. The molecule has 3 N–H and O–H groups in total. The molecule has 0 aliphatic carbocycles. The number of halogens is 1. The predicted molar refractivity (Wildman–Crippen MR) is 73.5 cm³/mol. The second kappa shape index (κ2) is 9.16. The van der Waals surface area contributed by atoms with Gasteiger partial charge in [-0.15, -0.1) is 12.4 Å². The fourth-order valence-electron chi connectivity index (χ4n) is 1.88. The lowest BCUT2D eigenvalue weighted by atomic mass is 10.1. The molecule has 0 aromatic rings. The number of hydrogen-bond donors (Lipinski definition) is 2. The van der Waals surface area contributed by atoms with Crippen molar-refractivity contribution in [1.29, 1.82) is 0 Å². The molecule has 1 aliphatic heterocycles. The standard InChI is InChI=1S/C12H23N3O2.ClH/c1-10(9-13)12(17)14-6-5-11(16)15-7-3-2-4-8-15;/h10H,2-9,13H2,1H3,(H,14,17);1H. The van der Waals surface area contributed by atoms with Gasteiger partial charge >= 0.3 is 0 Å². The third-order valence-corrected chi connectivity index (χ3v) is 3.15. The van der Waals surface area contributed by atoms with Crippen LogP contribution in [0.2, 0.25) is 0 Å². The van der Waals surface area contributed by atoms with Gasteiger partial charge in [-0.25, -0.2) is 0 Å². The number of rotatable bonds is 5. The summed E-state index contributed by atoms with van der Waals surface area (Å²) in [5, 5.41) is 2.74. The molecule has 2 amide bonds. The minimum atomic E-state index is -0.180. The van der Waals surface area contributed by atoms with Crippen LogP contribution in [-0.2, 0) is 9.59 Å². The van der Waals surface area contributed by atoms with Crippen LogP contribution in [0.4, 0.5) is 0 Å². The molecule has 18 heavy (non-hydrogen) atoms. The van der Waals surface area contributed by atoms with Gasteiger partial charge in [-0.1, -0.05) is 6.92 Å². The molecule has 106 valence electrons. The molecule has 1 atom stereocenters. The van der Waals surface area contributed by atoms with Crippen molar-refractivity contribution in [3.8, 4) is 0 Å². The number of hydrogen-bond acceptors (Lipinski definition) is 3. The van der Waals surface area contributed by atoms with Crippen molar-refractivity contribution in [1.82, 2.24) is 10.2 Å². The van der Waals surface area contributed by atoms with Crippen molar-refractivity contribution in [2.45, 2.75) is 32.6 Å². The molecular weight excluding hydrogens is 254 g/mol. The number of nitrogens with two attached hydrogens (primary N) is 1. The molecule has 1 heterocycles. The summed E-state index contributed by atoms with van der Waals surface area (Å²) < 4.78 is 0. The Labute approximate surface area is 115 Å². The number of likely N-dealkylation sites (tertiary alicyclic amines) is 1. The second-order valence-electron chi connectivity index (χ2n) is 4.62. The number of piperidine rings is 1. The van der Waals surface area contributed by atoms with Crippen LogP contribution in [0.1, 0.15) is 32.6 Å². The average Bonchev–Trinajstić information content (AvgIpc) is 2.38. The van der Waals surface area contributed by atoms with Crippen LogP contribution in [-0.4, -0.2) is 42.9 Å². The highest BCUT2D eigenvalue weighted by Crippen LogP contribution is 2.09. The van der Waals surface area contributed by atoms with Crippen LogP contribution < -0.4 is 11.1 Å². The Bertz CT molecular complexity index is 268. The van der Waals surface area contributed by atoms with Gasteiger partial charge in [0, 0.05) is 38.5 Å². The van der Waals surface area contributed by atoms with E-state index in [-0.39, 0.29) is 30.1 Å². The highest BCUT2D eigenvalue weighted by atomic mass is 35.5. The van der Waals surface area contributed by atoms with Gasteiger partial charge in [0.25, 0.3) is 0 Å². The lowest BCUT2D eigenvalue weighted by Gasteiger charge is -2.26. The maximum atomic E-state index is 11.8. The van der Waals surface area contributed by atoms with Gasteiger partial charge < -0.3 is 16.0 Å². The van der Waals surface area contributed by atoms with E-state index in [0.717, 1.165) is 25.9 Å². The first kappa shape index (κ1) is 17.2. The quantitative estimate of drug-likeness (QED) is 0.769. The number of nitrogens with one attached hydrogen (secondary N) is 1. The molecule has 6 heteroatoms. The molecule has 0 bridgehead atoms. The van der Waals surface area contributed by atoms with E-state index in [1.54, 1.807) is 6.92 Å². The fraction of sp³-hybridized carbons (Fsp3) is 0.833. The first-order valence-corrected chi connectivity index (χ1v) is 6.40. The number of nitrogens with zero attached hydrogens (tertiary/aromatic N) is 1. The molecular formula is C12H24ClN3O2. The number of carbonyl (C=O) groups is 2. The predicted octanol–water partition coefficient (Wildman–Crippen LogP) is 0.522. The molecule has 5 nitrogen and oxygen atoms in total. The van der Waals surface area contributed by atoms with Crippen LogP contribution in [0.25, 0.3) is 0 Å². The highest BCUT2D eigenvalue weighted by Gasteiger charge is 2.16. The fourth-order valence-corrected chi connectivity index (χ4v) is 1.88. The normalized spacial score (nSPS) is 16.7. The second-order valence-corrected chi connectivity index (χ2v) is 4.62. The van der Waals surface area contributed by atoms with Crippen LogP contribution >= 0.6 is 12.4 Å². The molecule has 1 unspecified atom stereocenters. The van der Waals surface area contributed by atoms with Crippen LogP contribution in [0, 0.1) is 5.92 Å². The Hall–Kier alpha value is -0.810. The summed E-state index contributed by atoms with van der Waals surface area (Å²) in [7, 11) is 0. The van der Waals surface area contributed by atoms with E-state index in [1.165, 1.54) is 6.42 Å². The van der Waals surface area contributed by atoms with Crippen molar-refractivity contribution in [2.24, 2.45) is 11.7 Å². The maximum absolute atomic E-state index is 11.8. The zero-order chi connectivity index (χ0) is 12.7. The smallest absolute Gasteiger partial charge is 0.224 e. The van der Waals surface area contributed by atoms with E-state index in [1.807, 2.05) is 4.90 Å². The van der Waals surface area contributed by atoms with Gasteiger partial charge in [0.15, 0.2) is 0 Å². The SMILES string of the molecule is CC(CN)C(=O)NCCC(=O)N1CCCCC1.Cl. The first-order chi connectivity index (χ1) is 8.15. The van der Waals surface area contributed by atoms with Gasteiger partial charge in [-0.3, -0.25) is 9.59 Å². The summed E-state index contributed by atoms with van der Waals surface area (Å²) in [6.07, 6.45) is 3.81. The summed E-state index contributed by atoms with van der Waals surface area (Å²) in [6, 6.07) is 0. The monoisotopic (exact) mass is 277 g/mol. The van der Waals surface area contributed by atoms with Gasteiger partial charge in [-0.2, -0.15) is 0 Å². The molecule has 1 fully saturated rings. The Morgan fingerprint density at radius 1 is 1.28 bits per heavy atom. The molecule has 1 saturated heterocycles. The van der Waals surface area contributed by atoms with Gasteiger partial charge in [0.05, 0.1) is 0 Å². The van der Waals surface area contributed by atoms with Gasteiger partial charge in [0.1, 0.15) is 0 Å². The van der Waals surface area contributed by atoms with Crippen molar-refractivity contribution < 1.29 is 9.59 Å². The van der Waals surface area contributed by atoms with E-state index >= 15 is 0 Å². The van der Waals surface area contributed by atoms with Gasteiger partial charge in [-0.05, 0) is 19.3 Å². The van der Waals surface area contributed by atoms with Crippen LogP contribution in [0.15, 0.2) is 0 Å². The summed E-state index contributed by atoms with van der Waals surface area (Å²) in [6.45, 7) is 4.27. The van der Waals surface area contributed by atoms with E-state index in [9.17, 15) is 9.59 Å². The lowest BCUT2D eigenvalue weighted by molar-refractivity contribution is -0.132. The topological polar surface area (TPSA) is 75.4 Å². The summed E-state index contributed by atoms with van der Waals surface area (Å²) in [5.41, 5.74) is 5.39. The molecule has 0 spiro atoms. The zero-order valence-corrected chi connectivity index (χ0v) is 11.8. The average molecular weight is 278 g/mol. The third kappa shape index (κ3) is 5.69. The molecule has 0 aromatic carbocycles. The molecule has 1 aliphatic rings. The summed E-state index contributed by atoms with van der Waals surface area (Å²) in [4.78, 5) is 25.1. The first-order valence-electron chi connectivity index (χ1n) is 6.40. The third-order valence-electron chi connectivity index (χ3n) is 3.15. The van der Waals surface area contributed by atoms with Gasteiger partial charge in [0.2, 0.25) is 11.8 Å². The highest BCUT2D eigenvalue weighted by molar-refractivity contribution is 5.85.